The van der Waals surface area contributed by atoms with E-state index in [9.17, 15) is 5.11 Å². The normalized spacial score (nSPS) is 13.6. The third-order valence-electron chi connectivity index (χ3n) is 5.85. The Hall–Kier alpha value is -2.65. The Morgan fingerprint density at radius 3 is 2.07 bits per heavy atom. The van der Waals surface area contributed by atoms with Crippen molar-refractivity contribution < 1.29 is 5.11 Å². The van der Waals surface area contributed by atoms with Gasteiger partial charge in [-0.3, -0.25) is 0 Å². The second-order valence-electron chi connectivity index (χ2n) is 7.61. The van der Waals surface area contributed by atoms with Crippen LogP contribution in [0.1, 0.15) is 24.2 Å². The minimum absolute atomic E-state index is 0. The van der Waals surface area contributed by atoms with Gasteiger partial charge in [0.1, 0.15) is 0 Å². The molecule has 0 radical (unpaired) electrons. The van der Waals surface area contributed by atoms with Gasteiger partial charge in [0.15, 0.2) is 0 Å². The van der Waals surface area contributed by atoms with Crippen LogP contribution in [0.15, 0.2) is 84.9 Å². The number of nitrogens with one attached hydrogen (secondary N) is 1. The quantitative estimate of drug-likeness (QED) is 0.343. The molecule has 5 aromatic rings. The topological polar surface area (TPSA) is 32.3 Å². The van der Waals surface area contributed by atoms with E-state index in [0.29, 0.717) is 0 Å². The van der Waals surface area contributed by atoms with E-state index in [1.54, 1.807) is 0 Å². The minimum Gasteiger partial charge on any atom is -0.387 e. The number of halogens is 1. The van der Waals surface area contributed by atoms with Gasteiger partial charge >= 0.3 is 0 Å². The van der Waals surface area contributed by atoms with E-state index in [4.69, 9.17) is 0 Å². The number of benzene rings is 5. The van der Waals surface area contributed by atoms with Crippen molar-refractivity contribution in [3.05, 3.63) is 96.1 Å². The molecule has 0 amide bonds. The molecule has 2 unspecified atom stereocenters. The molecule has 2 atom stereocenters. The van der Waals surface area contributed by atoms with Crippen LogP contribution in [0.5, 0.6) is 0 Å². The van der Waals surface area contributed by atoms with E-state index in [0.717, 1.165) is 12.1 Å². The molecule has 0 aliphatic rings. The summed E-state index contributed by atoms with van der Waals surface area (Å²) in [6.07, 6.45) is -0.527. The third kappa shape index (κ3) is 3.44. The summed E-state index contributed by atoms with van der Waals surface area (Å²) in [5.41, 5.74) is 2.20. The lowest BCUT2D eigenvalue weighted by Crippen LogP contribution is -2.31. The maximum Gasteiger partial charge on any atom is 0.0940 e. The number of aliphatic hydroxyl groups is 1. The van der Waals surface area contributed by atoms with Gasteiger partial charge in [0.25, 0.3) is 0 Å². The van der Waals surface area contributed by atoms with Crippen molar-refractivity contribution in [2.75, 3.05) is 0 Å². The van der Waals surface area contributed by atoms with Gasteiger partial charge in [-0.05, 0) is 50.4 Å². The van der Waals surface area contributed by atoms with Crippen LogP contribution in [-0.4, -0.2) is 11.1 Å². The highest BCUT2D eigenvalue weighted by atomic mass is 35.5. The Balaban J connectivity index is 0.00000205. The molecule has 0 aromatic heterocycles. The molecule has 2 N–H and O–H groups in total. The maximum atomic E-state index is 10.6. The molecule has 0 bridgehead atoms. The summed E-state index contributed by atoms with van der Waals surface area (Å²) >= 11 is 0. The predicted molar refractivity (Wildman–Crippen MR) is 125 cm³/mol. The zero-order chi connectivity index (χ0) is 19.1. The first-order valence-electron chi connectivity index (χ1n) is 9.84. The van der Waals surface area contributed by atoms with Crippen LogP contribution in [-0.2, 0) is 6.54 Å². The lowest BCUT2D eigenvalue weighted by Gasteiger charge is -2.21. The van der Waals surface area contributed by atoms with Crippen LogP contribution in [0.2, 0.25) is 0 Å². The van der Waals surface area contributed by atoms with Crippen LogP contribution in [0, 0.1) is 0 Å². The number of aliphatic hydroxyl groups excluding tert-OH is 1. The highest BCUT2D eigenvalue weighted by Gasteiger charge is 2.16. The van der Waals surface area contributed by atoms with Crippen molar-refractivity contribution in [2.45, 2.75) is 25.6 Å². The zero-order valence-electron chi connectivity index (χ0n) is 16.3. The Labute approximate surface area is 176 Å². The van der Waals surface area contributed by atoms with Gasteiger partial charge in [-0.15, -0.1) is 12.4 Å². The van der Waals surface area contributed by atoms with Crippen molar-refractivity contribution in [1.82, 2.24) is 5.32 Å². The second-order valence-corrected chi connectivity index (χ2v) is 7.61. The summed E-state index contributed by atoms with van der Waals surface area (Å²) in [5, 5.41) is 22.0. The van der Waals surface area contributed by atoms with E-state index in [-0.39, 0.29) is 18.4 Å². The molecule has 2 nitrogen and oxygen atoms in total. The monoisotopic (exact) mass is 401 g/mol. The van der Waals surface area contributed by atoms with Crippen molar-refractivity contribution in [2.24, 2.45) is 0 Å². The molecule has 3 heteroatoms. The molecule has 0 heterocycles. The second kappa shape index (κ2) is 8.00. The molecule has 5 aromatic carbocycles. The molecule has 0 saturated carbocycles. The summed E-state index contributed by atoms with van der Waals surface area (Å²) in [4.78, 5) is 0. The first kappa shape index (κ1) is 19.7. The van der Waals surface area contributed by atoms with Gasteiger partial charge in [0, 0.05) is 12.6 Å². The molecule has 0 fully saturated rings. The molecule has 5 rings (SSSR count). The summed E-state index contributed by atoms with van der Waals surface area (Å²) in [6, 6.07) is 29.6. The number of hydrogen-bond acceptors (Lipinski definition) is 2. The highest BCUT2D eigenvalue weighted by molar-refractivity contribution is 6.23. The smallest absolute Gasteiger partial charge is 0.0940 e. The van der Waals surface area contributed by atoms with E-state index in [1.807, 2.05) is 37.3 Å². The van der Waals surface area contributed by atoms with Crippen LogP contribution in [0.3, 0.4) is 0 Å². The first-order valence-corrected chi connectivity index (χ1v) is 9.84. The Morgan fingerprint density at radius 1 is 0.724 bits per heavy atom. The van der Waals surface area contributed by atoms with Gasteiger partial charge in [-0.1, -0.05) is 84.9 Å². The molecule has 0 aliphatic carbocycles. The van der Waals surface area contributed by atoms with Gasteiger partial charge in [-0.25, -0.2) is 0 Å². The fourth-order valence-corrected chi connectivity index (χ4v) is 4.27. The largest absolute Gasteiger partial charge is 0.387 e. The third-order valence-corrected chi connectivity index (χ3v) is 5.85. The van der Waals surface area contributed by atoms with Gasteiger partial charge in [0.05, 0.1) is 6.10 Å². The minimum atomic E-state index is -0.527. The standard InChI is InChI=1S/C26H23NO.ClH/c1-17(26(28)21-6-3-2-4-7-21)27-16-22-13-12-20-11-10-18-8-5-9-19-14-15-23(22)25(20)24(18)19;/h2-15,17,26-28H,16H2,1H3;1H. The van der Waals surface area contributed by atoms with Crippen LogP contribution < -0.4 is 5.32 Å². The van der Waals surface area contributed by atoms with Gasteiger partial charge < -0.3 is 10.4 Å². The van der Waals surface area contributed by atoms with E-state index in [1.165, 1.54) is 37.9 Å². The Bertz CT molecular complexity index is 1240. The average molecular weight is 402 g/mol. The van der Waals surface area contributed by atoms with Crippen molar-refractivity contribution in [3.8, 4) is 0 Å². The molecule has 146 valence electrons. The predicted octanol–water partition coefficient (Wildman–Crippen LogP) is 6.22. The fourth-order valence-electron chi connectivity index (χ4n) is 4.27. The summed E-state index contributed by atoms with van der Waals surface area (Å²) in [5.74, 6) is 0. The van der Waals surface area contributed by atoms with Crippen molar-refractivity contribution >= 4 is 44.7 Å². The maximum absolute atomic E-state index is 10.6. The molecule has 0 spiro atoms. The van der Waals surface area contributed by atoms with Crippen LogP contribution in [0.4, 0.5) is 0 Å². The van der Waals surface area contributed by atoms with E-state index in [2.05, 4.69) is 59.9 Å². The van der Waals surface area contributed by atoms with Gasteiger partial charge in [0.2, 0.25) is 0 Å². The number of hydrogen-bond donors (Lipinski definition) is 2. The molecule has 29 heavy (non-hydrogen) atoms. The lowest BCUT2D eigenvalue weighted by molar-refractivity contribution is 0.135. The van der Waals surface area contributed by atoms with Crippen molar-refractivity contribution in [3.63, 3.8) is 0 Å². The van der Waals surface area contributed by atoms with Crippen LogP contribution in [0.25, 0.3) is 32.3 Å². The number of rotatable bonds is 5. The van der Waals surface area contributed by atoms with Crippen molar-refractivity contribution in [1.29, 1.82) is 0 Å². The van der Waals surface area contributed by atoms with Gasteiger partial charge in [-0.2, -0.15) is 0 Å². The molecular weight excluding hydrogens is 378 g/mol. The molecular formula is C26H24ClNO. The average Bonchev–Trinajstić information content (AvgIpc) is 2.76. The summed E-state index contributed by atoms with van der Waals surface area (Å²) in [7, 11) is 0. The highest BCUT2D eigenvalue weighted by Crippen LogP contribution is 2.35. The fraction of sp³-hybridized carbons (Fsp3) is 0.154. The summed E-state index contributed by atoms with van der Waals surface area (Å²) < 4.78 is 0. The Kier molecular flexibility index (Phi) is 5.42. The lowest BCUT2D eigenvalue weighted by atomic mass is 9.92. The first-order chi connectivity index (χ1) is 13.7. The molecule has 0 saturated heterocycles. The Morgan fingerprint density at radius 2 is 1.34 bits per heavy atom. The zero-order valence-corrected chi connectivity index (χ0v) is 17.1. The molecule has 0 aliphatic heterocycles. The SMILES string of the molecule is CC(NCc1ccc2ccc3cccc4ccc1c2c34)C(O)c1ccccc1.Cl. The van der Waals surface area contributed by atoms with E-state index < -0.39 is 6.10 Å². The van der Waals surface area contributed by atoms with Crippen LogP contribution >= 0.6 is 12.4 Å². The summed E-state index contributed by atoms with van der Waals surface area (Å²) in [6.45, 7) is 2.76. The van der Waals surface area contributed by atoms with E-state index >= 15 is 0 Å².